The first-order valence-electron chi connectivity index (χ1n) is 10.6. The van der Waals surface area contributed by atoms with Crippen LogP contribution in [0.3, 0.4) is 0 Å². The number of anilines is 1. The topological polar surface area (TPSA) is 42.2 Å². The highest BCUT2D eigenvalue weighted by molar-refractivity contribution is 7.99. The van der Waals surface area contributed by atoms with Crippen molar-refractivity contribution >= 4 is 35.0 Å². The van der Waals surface area contributed by atoms with Crippen molar-refractivity contribution < 1.29 is 13.2 Å². The molecule has 0 aliphatic rings. The monoisotopic (exact) mass is 493 g/mol. The molecule has 2 rings (SSSR count). The molecule has 0 saturated carbocycles. The molecule has 1 heterocycles. The highest BCUT2D eigenvalue weighted by atomic mass is 32.2. The highest BCUT2D eigenvalue weighted by Crippen LogP contribution is 2.28. The van der Waals surface area contributed by atoms with Gasteiger partial charge in [-0.1, -0.05) is 38.1 Å². The SMILES string of the molecule is CCSc1ncc(/C(S)=C/C=C/CN(/C=C(\N)C(F)(F)F)c2cc(C)ccc2CC)cc1C. The number of benzene rings is 1. The van der Waals surface area contributed by atoms with E-state index in [0.717, 1.165) is 44.1 Å². The fourth-order valence-electron chi connectivity index (χ4n) is 3.12. The molecule has 2 aromatic rings. The summed E-state index contributed by atoms with van der Waals surface area (Å²) in [6.45, 7) is 8.18. The minimum Gasteiger partial charge on any atom is -0.394 e. The fraction of sp³-hybridized carbons (Fsp3) is 0.320. The van der Waals surface area contributed by atoms with E-state index in [1.54, 1.807) is 36.2 Å². The predicted octanol–water partition coefficient (Wildman–Crippen LogP) is 7.07. The summed E-state index contributed by atoms with van der Waals surface area (Å²) in [7, 11) is 0. The lowest BCUT2D eigenvalue weighted by atomic mass is 10.1. The number of pyridine rings is 1. The molecule has 0 spiro atoms. The lowest BCUT2D eigenvalue weighted by Gasteiger charge is -2.24. The summed E-state index contributed by atoms with van der Waals surface area (Å²) < 4.78 is 39.3. The van der Waals surface area contributed by atoms with Gasteiger partial charge in [0.15, 0.2) is 0 Å². The second-order valence-corrected chi connectivity index (χ2v) is 9.21. The van der Waals surface area contributed by atoms with Crippen molar-refractivity contribution in [2.24, 2.45) is 5.73 Å². The van der Waals surface area contributed by atoms with Crippen molar-refractivity contribution in [2.75, 3.05) is 17.2 Å². The summed E-state index contributed by atoms with van der Waals surface area (Å²) in [5, 5.41) is 0.993. The number of halogens is 3. The van der Waals surface area contributed by atoms with Crippen LogP contribution < -0.4 is 10.6 Å². The molecule has 0 radical (unpaired) electrons. The molecule has 178 valence electrons. The average molecular weight is 494 g/mol. The third-order valence-corrected chi connectivity index (χ3v) is 6.25. The van der Waals surface area contributed by atoms with E-state index in [-0.39, 0.29) is 6.54 Å². The van der Waals surface area contributed by atoms with Crippen molar-refractivity contribution in [3.63, 3.8) is 0 Å². The summed E-state index contributed by atoms with van der Waals surface area (Å²) >= 11 is 6.24. The standard InChI is InChI=1S/C25H30F3N3S2/c1-5-19-11-10-17(3)13-21(19)31(16-23(29)25(26,27)28)12-8-7-9-22(32)20-14-18(4)24(30-15-20)33-6-2/h7-11,13-16,32H,5-6,12,29H2,1-4H3/b8-7+,22-9-,23-16-. The molecule has 33 heavy (non-hydrogen) atoms. The van der Waals surface area contributed by atoms with Crippen molar-refractivity contribution in [3.05, 3.63) is 82.8 Å². The molecule has 1 aromatic heterocycles. The summed E-state index contributed by atoms with van der Waals surface area (Å²) in [5.41, 5.74) is 8.75. The van der Waals surface area contributed by atoms with Gasteiger partial charge in [-0.05, 0) is 60.9 Å². The van der Waals surface area contributed by atoms with E-state index in [9.17, 15) is 13.2 Å². The second-order valence-electron chi connectivity index (χ2n) is 7.48. The van der Waals surface area contributed by atoms with Gasteiger partial charge in [0.1, 0.15) is 5.70 Å². The number of allylic oxidation sites excluding steroid dienone is 3. The largest absolute Gasteiger partial charge is 0.432 e. The Labute approximate surface area is 204 Å². The first-order chi connectivity index (χ1) is 15.6. The number of nitrogens with two attached hydrogens (primary N) is 1. The van der Waals surface area contributed by atoms with Crippen LogP contribution in [0.2, 0.25) is 0 Å². The highest BCUT2D eigenvalue weighted by Gasteiger charge is 2.32. The van der Waals surface area contributed by atoms with Gasteiger partial charge in [-0.25, -0.2) is 4.98 Å². The molecule has 0 aliphatic carbocycles. The third kappa shape index (κ3) is 7.89. The summed E-state index contributed by atoms with van der Waals surface area (Å²) in [5.74, 6) is 0.948. The molecular weight excluding hydrogens is 463 g/mol. The minimum absolute atomic E-state index is 0.216. The summed E-state index contributed by atoms with van der Waals surface area (Å²) in [6, 6.07) is 7.78. The lowest BCUT2D eigenvalue weighted by Crippen LogP contribution is -2.26. The number of thioether (sulfide) groups is 1. The normalized spacial score (nSPS) is 13.1. The van der Waals surface area contributed by atoms with Gasteiger partial charge >= 0.3 is 6.18 Å². The Morgan fingerprint density at radius 2 is 1.94 bits per heavy atom. The van der Waals surface area contributed by atoms with Crippen molar-refractivity contribution in [3.8, 4) is 0 Å². The Hall–Kier alpha value is -2.32. The number of aromatic nitrogens is 1. The van der Waals surface area contributed by atoms with Gasteiger partial charge in [0.25, 0.3) is 0 Å². The van der Waals surface area contributed by atoms with Gasteiger partial charge in [0.05, 0.1) is 5.03 Å². The maximum Gasteiger partial charge on any atom is 0.432 e. The Kier molecular flexibility index (Phi) is 9.98. The fourth-order valence-corrected chi connectivity index (χ4v) is 4.02. The summed E-state index contributed by atoms with van der Waals surface area (Å²) in [4.78, 5) is 6.73. The molecule has 0 amide bonds. The number of nitrogens with zero attached hydrogens (tertiary/aromatic N) is 2. The van der Waals surface area contributed by atoms with E-state index in [2.05, 4.69) is 24.5 Å². The van der Waals surface area contributed by atoms with Crippen molar-refractivity contribution in [1.29, 1.82) is 0 Å². The zero-order valence-corrected chi connectivity index (χ0v) is 21.0. The van der Waals surface area contributed by atoms with Crippen LogP contribution in [0.1, 0.15) is 36.1 Å². The first kappa shape index (κ1) is 26.9. The van der Waals surface area contributed by atoms with Gasteiger partial charge < -0.3 is 10.6 Å². The molecule has 0 fully saturated rings. The van der Waals surface area contributed by atoms with E-state index in [1.165, 1.54) is 4.90 Å². The number of alkyl halides is 3. The molecule has 2 N–H and O–H groups in total. The molecule has 0 bridgehead atoms. The van der Waals surface area contributed by atoms with E-state index in [0.29, 0.717) is 12.1 Å². The number of thiol groups is 1. The Morgan fingerprint density at radius 3 is 2.55 bits per heavy atom. The maximum atomic E-state index is 13.1. The number of hydrogen-bond acceptors (Lipinski definition) is 5. The average Bonchev–Trinajstić information content (AvgIpc) is 2.76. The van der Waals surface area contributed by atoms with Crippen molar-refractivity contribution in [1.82, 2.24) is 4.98 Å². The van der Waals surface area contributed by atoms with E-state index < -0.39 is 11.9 Å². The number of hydrogen-bond donors (Lipinski definition) is 2. The van der Waals surface area contributed by atoms with Gasteiger partial charge in [-0.3, -0.25) is 0 Å². The minimum atomic E-state index is -4.59. The zero-order chi connectivity index (χ0) is 24.6. The number of aryl methyl sites for hydroxylation is 3. The van der Waals surface area contributed by atoms with E-state index >= 15 is 0 Å². The van der Waals surface area contributed by atoms with E-state index in [4.69, 9.17) is 5.73 Å². The summed E-state index contributed by atoms with van der Waals surface area (Å²) in [6.07, 6.45) is 4.19. The quantitative estimate of drug-likeness (QED) is 0.223. The van der Waals surface area contributed by atoms with Gasteiger partial charge in [0.2, 0.25) is 0 Å². The Balaban J connectivity index is 2.28. The second kappa shape index (κ2) is 12.2. The van der Waals surface area contributed by atoms with Crippen LogP contribution in [0, 0.1) is 13.8 Å². The molecule has 0 saturated heterocycles. The van der Waals surface area contributed by atoms with Gasteiger partial charge in [-0.15, -0.1) is 24.4 Å². The predicted molar refractivity (Wildman–Crippen MR) is 138 cm³/mol. The van der Waals surface area contributed by atoms with Crippen LogP contribution in [0.5, 0.6) is 0 Å². The van der Waals surface area contributed by atoms with E-state index in [1.807, 2.05) is 45.0 Å². The molecule has 0 atom stereocenters. The molecule has 1 aromatic carbocycles. The third-order valence-electron chi connectivity index (χ3n) is 4.85. The van der Waals surface area contributed by atoms with Crippen molar-refractivity contribution in [2.45, 2.75) is 45.3 Å². The molecule has 3 nitrogen and oxygen atoms in total. The Morgan fingerprint density at radius 1 is 1.21 bits per heavy atom. The van der Waals surface area contributed by atoms with Gasteiger partial charge in [-0.2, -0.15) is 13.2 Å². The van der Waals surface area contributed by atoms with Crippen LogP contribution >= 0.6 is 24.4 Å². The molecular formula is C25H30F3N3S2. The first-order valence-corrected chi connectivity index (χ1v) is 12.1. The van der Waals surface area contributed by atoms with Gasteiger partial charge in [0, 0.05) is 35.1 Å². The van der Waals surface area contributed by atoms with Crippen LogP contribution in [-0.4, -0.2) is 23.5 Å². The molecule has 0 aliphatic heterocycles. The molecule has 0 unspecified atom stereocenters. The lowest BCUT2D eigenvalue weighted by molar-refractivity contribution is -0.0928. The Bertz CT molecular complexity index is 1040. The van der Waals surface area contributed by atoms with Crippen LogP contribution in [0.4, 0.5) is 18.9 Å². The van der Waals surface area contributed by atoms with Crippen LogP contribution in [-0.2, 0) is 6.42 Å². The smallest absolute Gasteiger partial charge is 0.394 e. The number of rotatable bonds is 9. The zero-order valence-electron chi connectivity index (χ0n) is 19.3. The van der Waals surface area contributed by atoms with Crippen LogP contribution in [0.25, 0.3) is 4.91 Å². The maximum absolute atomic E-state index is 13.1. The van der Waals surface area contributed by atoms with Crippen LogP contribution in [0.15, 0.2) is 65.6 Å². The molecule has 8 heteroatoms.